The molecule has 0 N–H and O–H groups in total. The van der Waals surface area contributed by atoms with Crippen molar-refractivity contribution in [3.05, 3.63) is 83.9 Å². The van der Waals surface area contributed by atoms with Crippen LogP contribution in [0.1, 0.15) is 17.0 Å². The summed E-state index contributed by atoms with van der Waals surface area (Å²) in [7, 11) is 3.39. The van der Waals surface area contributed by atoms with Crippen LogP contribution in [0.5, 0.6) is 5.75 Å². The topological polar surface area (TPSA) is 66.5 Å². The number of aromatic nitrogens is 5. The lowest BCUT2D eigenvalue weighted by Crippen LogP contribution is -2.01. The quantitative estimate of drug-likeness (QED) is 0.372. The van der Waals surface area contributed by atoms with Crippen LogP contribution in [0.15, 0.2) is 67.0 Å². The van der Waals surface area contributed by atoms with Crippen molar-refractivity contribution in [2.45, 2.75) is 20.5 Å². The molecule has 0 radical (unpaired) electrons. The molecular formula is C26H25N5O2. The van der Waals surface area contributed by atoms with Crippen LogP contribution in [0.25, 0.3) is 33.7 Å². The Balaban J connectivity index is 1.73. The number of aryl methyl sites for hydroxylation is 2. The summed E-state index contributed by atoms with van der Waals surface area (Å²) < 4.78 is 15.0. The number of hydrogen-bond acceptors (Lipinski definition) is 5. The van der Waals surface area contributed by atoms with Gasteiger partial charge in [-0.3, -0.25) is 0 Å². The maximum Gasteiger partial charge on any atom is 0.164 e. The summed E-state index contributed by atoms with van der Waals surface area (Å²) in [5, 5.41) is 9.22. The van der Waals surface area contributed by atoms with Gasteiger partial charge < -0.3 is 9.47 Å². The number of hydrogen-bond donors (Lipinski definition) is 0. The second kappa shape index (κ2) is 8.52. The molecule has 3 aromatic heterocycles. The SMILES string of the molecule is COCc1ccccc1-c1cc(C)nc2c(-c3ccc(-n4cccn4)cc3OC)c(C)nn12. The minimum atomic E-state index is 0.523. The average Bonchev–Trinajstić information content (AvgIpc) is 3.47. The van der Waals surface area contributed by atoms with E-state index in [2.05, 4.69) is 23.3 Å². The van der Waals surface area contributed by atoms with Crippen molar-refractivity contribution >= 4 is 5.65 Å². The molecule has 0 spiro atoms. The summed E-state index contributed by atoms with van der Waals surface area (Å²) in [5.74, 6) is 0.741. The highest BCUT2D eigenvalue weighted by atomic mass is 16.5. The number of ether oxygens (including phenoxy) is 2. The Morgan fingerprint density at radius 3 is 2.55 bits per heavy atom. The molecule has 2 aromatic carbocycles. The van der Waals surface area contributed by atoms with Crippen LogP contribution in [-0.4, -0.2) is 38.6 Å². The van der Waals surface area contributed by atoms with Gasteiger partial charge in [-0.15, -0.1) is 0 Å². The molecule has 0 saturated heterocycles. The Morgan fingerprint density at radius 1 is 0.939 bits per heavy atom. The van der Waals surface area contributed by atoms with Crippen LogP contribution in [-0.2, 0) is 11.3 Å². The zero-order valence-electron chi connectivity index (χ0n) is 19.1. The van der Waals surface area contributed by atoms with Crippen LogP contribution in [0, 0.1) is 13.8 Å². The van der Waals surface area contributed by atoms with Crippen LogP contribution < -0.4 is 4.74 Å². The molecule has 3 heterocycles. The van der Waals surface area contributed by atoms with Crippen LogP contribution in [0.2, 0.25) is 0 Å². The summed E-state index contributed by atoms with van der Waals surface area (Å²) in [6.07, 6.45) is 3.66. The number of nitrogens with zero attached hydrogens (tertiary/aromatic N) is 5. The monoisotopic (exact) mass is 439 g/mol. The van der Waals surface area contributed by atoms with Crippen LogP contribution in [0.4, 0.5) is 0 Å². The summed E-state index contributed by atoms with van der Waals surface area (Å²) in [6.45, 7) is 4.53. The number of fused-ring (bicyclic) bond motifs is 1. The van der Waals surface area contributed by atoms with E-state index in [9.17, 15) is 0 Å². The fourth-order valence-electron chi connectivity index (χ4n) is 4.25. The Hall–Kier alpha value is -3.97. The fourth-order valence-corrected chi connectivity index (χ4v) is 4.25. The molecule has 0 aliphatic rings. The molecule has 0 bridgehead atoms. The van der Waals surface area contributed by atoms with E-state index in [0.29, 0.717) is 6.61 Å². The summed E-state index contributed by atoms with van der Waals surface area (Å²) in [6, 6.07) is 18.2. The summed E-state index contributed by atoms with van der Waals surface area (Å²) in [4.78, 5) is 4.88. The maximum absolute atomic E-state index is 5.79. The number of benzene rings is 2. The number of methoxy groups -OCH3 is 2. The largest absolute Gasteiger partial charge is 0.496 e. The van der Waals surface area contributed by atoms with Gasteiger partial charge in [0.2, 0.25) is 0 Å². The van der Waals surface area contributed by atoms with Gasteiger partial charge >= 0.3 is 0 Å². The summed E-state index contributed by atoms with van der Waals surface area (Å²) >= 11 is 0. The molecule has 5 rings (SSSR count). The van der Waals surface area contributed by atoms with E-state index in [-0.39, 0.29) is 0 Å². The van der Waals surface area contributed by atoms with Crippen molar-refractivity contribution in [1.82, 2.24) is 24.4 Å². The normalized spacial score (nSPS) is 11.3. The highest BCUT2D eigenvalue weighted by molar-refractivity contribution is 5.85. The zero-order valence-corrected chi connectivity index (χ0v) is 19.1. The lowest BCUT2D eigenvalue weighted by atomic mass is 10.0. The fraction of sp³-hybridized carbons (Fsp3) is 0.192. The Bertz CT molecular complexity index is 1440. The zero-order chi connectivity index (χ0) is 22.9. The van der Waals surface area contributed by atoms with Crippen molar-refractivity contribution in [3.8, 4) is 33.8 Å². The van der Waals surface area contributed by atoms with Crippen LogP contribution >= 0.6 is 0 Å². The van der Waals surface area contributed by atoms with Crippen molar-refractivity contribution in [2.75, 3.05) is 14.2 Å². The molecule has 0 aliphatic carbocycles. The standard InChI is InChI=1S/C26H25N5O2/c1-17-14-23(21-9-6-5-8-19(21)16-32-3)31-26(28-17)25(18(2)29-31)22-11-10-20(15-24(22)33-4)30-13-7-12-27-30/h5-15H,16H2,1-4H3. The van der Waals surface area contributed by atoms with E-state index in [1.54, 1.807) is 20.4 Å². The molecule has 33 heavy (non-hydrogen) atoms. The molecule has 0 saturated carbocycles. The van der Waals surface area contributed by atoms with Crippen molar-refractivity contribution in [1.29, 1.82) is 0 Å². The molecule has 7 nitrogen and oxygen atoms in total. The first-order valence-corrected chi connectivity index (χ1v) is 10.7. The molecule has 0 amide bonds. The molecule has 7 heteroatoms. The van der Waals surface area contributed by atoms with Crippen molar-refractivity contribution in [2.24, 2.45) is 0 Å². The Labute approximate surface area is 192 Å². The molecule has 0 atom stereocenters. The van der Waals surface area contributed by atoms with Gasteiger partial charge in [-0.25, -0.2) is 14.2 Å². The van der Waals surface area contributed by atoms with Gasteiger partial charge in [0.05, 0.1) is 36.4 Å². The van der Waals surface area contributed by atoms with Crippen LogP contribution in [0.3, 0.4) is 0 Å². The van der Waals surface area contributed by atoms with Crippen molar-refractivity contribution in [3.63, 3.8) is 0 Å². The summed E-state index contributed by atoms with van der Waals surface area (Å²) in [5.41, 5.74) is 8.55. The lowest BCUT2D eigenvalue weighted by molar-refractivity contribution is 0.185. The smallest absolute Gasteiger partial charge is 0.164 e. The van der Waals surface area contributed by atoms with Gasteiger partial charge in [0, 0.05) is 42.4 Å². The predicted octanol–water partition coefficient (Wildman–Crippen LogP) is 5.02. The third kappa shape index (κ3) is 3.66. The van der Waals surface area contributed by atoms with E-state index >= 15 is 0 Å². The molecule has 5 aromatic rings. The van der Waals surface area contributed by atoms with E-state index in [1.807, 2.05) is 65.6 Å². The minimum Gasteiger partial charge on any atom is -0.496 e. The third-order valence-electron chi connectivity index (χ3n) is 5.71. The van der Waals surface area contributed by atoms with Crippen molar-refractivity contribution < 1.29 is 9.47 Å². The maximum atomic E-state index is 5.79. The van der Waals surface area contributed by atoms with Gasteiger partial charge in [-0.1, -0.05) is 24.3 Å². The molecular weight excluding hydrogens is 414 g/mol. The lowest BCUT2D eigenvalue weighted by Gasteiger charge is -2.13. The Kier molecular flexibility index (Phi) is 5.40. The van der Waals surface area contributed by atoms with E-state index in [4.69, 9.17) is 19.6 Å². The molecule has 0 unspecified atom stereocenters. The van der Waals surface area contributed by atoms with Gasteiger partial charge in [0.1, 0.15) is 5.75 Å². The Morgan fingerprint density at radius 2 is 1.79 bits per heavy atom. The van der Waals surface area contributed by atoms with E-state index in [0.717, 1.165) is 56.4 Å². The third-order valence-corrected chi connectivity index (χ3v) is 5.71. The van der Waals surface area contributed by atoms with Gasteiger partial charge in [-0.05, 0) is 43.7 Å². The minimum absolute atomic E-state index is 0.523. The highest BCUT2D eigenvalue weighted by Gasteiger charge is 2.21. The highest BCUT2D eigenvalue weighted by Crippen LogP contribution is 2.37. The first kappa shape index (κ1) is 20.9. The molecule has 0 fully saturated rings. The molecule has 166 valence electrons. The van der Waals surface area contributed by atoms with Gasteiger partial charge in [0.15, 0.2) is 5.65 Å². The number of rotatable bonds is 6. The van der Waals surface area contributed by atoms with E-state index in [1.165, 1.54) is 0 Å². The first-order valence-electron chi connectivity index (χ1n) is 10.7. The predicted molar refractivity (Wildman–Crippen MR) is 128 cm³/mol. The van der Waals surface area contributed by atoms with E-state index < -0.39 is 0 Å². The first-order chi connectivity index (χ1) is 16.1. The average molecular weight is 440 g/mol. The van der Waals surface area contributed by atoms with Gasteiger partial charge in [-0.2, -0.15) is 10.2 Å². The second-order valence-corrected chi connectivity index (χ2v) is 7.90. The van der Waals surface area contributed by atoms with Gasteiger partial charge in [0.25, 0.3) is 0 Å². The molecule has 0 aliphatic heterocycles. The second-order valence-electron chi connectivity index (χ2n) is 7.90.